The van der Waals surface area contributed by atoms with Crippen molar-refractivity contribution in [3.63, 3.8) is 0 Å². The van der Waals surface area contributed by atoms with Crippen molar-refractivity contribution in [2.75, 3.05) is 13.7 Å². The molecule has 0 spiro atoms. The minimum atomic E-state index is 0. The van der Waals surface area contributed by atoms with Gasteiger partial charge >= 0.3 is 0 Å². The van der Waals surface area contributed by atoms with Gasteiger partial charge < -0.3 is 14.4 Å². The molecule has 4 nitrogen and oxygen atoms in total. The molecule has 0 bridgehead atoms. The van der Waals surface area contributed by atoms with Crippen LogP contribution in [0.5, 0.6) is 5.75 Å². The van der Waals surface area contributed by atoms with Crippen molar-refractivity contribution in [3.8, 4) is 17.0 Å². The lowest BCUT2D eigenvalue weighted by atomic mass is 10.1. The van der Waals surface area contributed by atoms with E-state index in [1.807, 2.05) is 24.3 Å². The van der Waals surface area contributed by atoms with Crippen molar-refractivity contribution in [1.29, 1.82) is 0 Å². The smallest absolute Gasteiger partial charge is 0.190 e. The topological polar surface area (TPSA) is 46.8 Å². The highest BCUT2D eigenvalue weighted by Gasteiger charge is 2.09. The lowest BCUT2D eigenvalue weighted by Gasteiger charge is -2.08. The van der Waals surface area contributed by atoms with Crippen molar-refractivity contribution < 1.29 is 9.84 Å². The molecule has 0 unspecified atom stereocenters. The maximum absolute atomic E-state index is 9.50. The molecule has 0 radical (unpaired) electrons. The Morgan fingerprint density at radius 3 is 2.50 bits per heavy atom. The van der Waals surface area contributed by atoms with Gasteiger partial charge in [-0.3, -0.25) is 0 Å². The molecule has 2 aromatic carbocycles. The summed E-state index contributed by atoms with van der Waals surface area (Å²) >= 11 is 1.58. The zero-order valence-corrected chi connectivity index (χ0v) is 17.6. The predicted molar refractivity (Wildman–Crippen MR) is 113 cm³/mol. The van der Waals surface area contributed by atoms with E-state index < -0.39 is 0 Å². The van der Waals surface area contributed by atoms with E-state index in [2.05, 4.69) is 42.0 Å². The fraction of sp³-hybridized carbons (Fsp3) is 0.250. The van der Waals surface area contributed by atoms with Gasteiger partial charge in [-0.15, -0.1) is 28.3 Å². The maximum Gasteiger partial charge on any atom is 0.190 e. The summed E-state index contributed by atoms with van der Waals surface area (Å²) in [4.78, 5) is 5.73. The number of hydrogen-bond acceptors (Lipinski definition) is 4. The second-order valence-electron chi connectivity index (χ2n) is 5.91. The molecule has 0 fully saturated rings. The van der Waals surface area contributed by atoms with Gasteiger partial charge in [-0.25, -0.2) is 4.99 Å². The SMILES string of the molecule is Br.COc1ccc(-c2csc(=Nc3cc(C)ccc3C)n2CCO)cc1. The average molecular weight is 435 g/mol. The summed E-state index contributed by atoms with van der Waals surface area (Å²) in [7, 11) is 1.66. The van der Waals surface area contributed by atoms with E-state index >= 15 is 0 Å². The third-order valence-electron chi connectivity index (χ3n) is 4.09. The molecule has 6 heteroatoms. The van der Waals surface area contributed by atoms with Gasteiger partial charge in [-0.05, 0) is 60.9 Å². The molecule has 0 amide bonds. The number of halogens is 1. The second kappa shape index (κ2) is 9.16. The molecule has 0 saturated carbocycles. The molecule has 0 aliphatic rings. The summed E-state index contributed by atoms with van der Waals surface area (Å²) in [6, 6.07) is 14.2. The molecular formula is C20H23BrN2O2S. The lowest BCUT2D eigenvalue weighted by molar-refractivity contribution is 0.275. The Bertz CT molecular complexity index is 930. The molecule has 1 N–H and O–H groups in total. The number of ether oxygens (including phenoxy) is 1. The van der Waals surface area contributed by atoms with E-state index in [0.717, 1.165) is 33.1 Å². The van der Waals surface area contributed by atoms with Gasteiger partial charge in [0, 0.05) is 11.9 Å². The van der Waals surface area contributed by atoms with Crippen molar-refractivity contribution in [1.82, 2.24) is 4.57 Å². The van der Waals surface area contributed by atoms with E-state index in [-0.39, 0.29) is 23.6 Å². The van der Waals surface area contributed by atoms with Crippen LogP contribution in [-0.4, -0.2) is 23.4 Å². The van der Waals surface area contributed by atoms with Crippen LogP contribution >= 0.6 is 28.3 Å². The first-order valence-electron chi connectivity index (χ1n) is 8.18. The maximum atomic E-state index is 9.50. The first-order valence-corrected chi connectivity index (χ1v) is 9.06. The van der Waals surface area contributed by atoms with Crippen LogP contribution in [0.4, 0.5) is 5.69 Å². The van der Waals surface area contributed by atoms with Gasteiger partial charge in [0.05, 0.1) is 25.1 Å². The summed E-state index contributed by atoms with van der Waals surface area (Å²) in [5.41, 5.74) is 5.42. The summed E-state index contributed by atoms with van der Waals surface area (Å²) in [6.07, 6.45) is 0. The van der Waals surface area contributed by atoms with Gasteiger partial charge in [-0.1, -0.05) is 12.1 Å². The van der Waals surface area contributed by atoms with Gasteiger partial charge in [0.2, 0.25) is 0 Å². The molecule has 0 saturated heterocycles. The van der Waals surface area contributed by atoms with Gasteiger partial charge in [-0.2, -0.15) is 0 Å². The molecule has 1 heterocycles. The number of rotatable bonds is 5. The van der Waals surface area contributed by atoms with E-state index in [1.165, 1.54) is 5.56 Å². The number of aliphatic hydroxyl groups is 1. The Morgan fingerprint density at radius 1 is 1.12 bits per heavy atom. The average Bonchev–Trinajstić information content (AvgIpc) is 3.01. The number of thiazole rings is 1. The van der Waals surface area contributed by atoms with E-state index in [0.29, 0.717) is 6.54 Å². The predicted octanol–water partition coefficient (Wildman–Crippen LogP) is 4.64. The highest BCUT2D eigenvalue weighted by Crippen LogP contribution is 2.24. The van der Waals surface area contributed by atoms with Crippen LogP contribution in [0.25, 0.3) is 11.3 Å². The Kier molecular flexibility index (Phi) is 7.20. The molecule has 138 valence electrons. The quantitative estimate of drug-likeness (QED) is 0.635. The van der Waals surface area contributed by atoms with Crippen LogP contribution in [0, 0.1) is 13.8 Å². The fourth-order valence-corrected chi connectivity index (χ4v) is 3.62. The summed E-state index contributed by atoms with van der Waals surface area (Å²) in [6.45, 7) is 4.71. The first-order chi connectivity index (χ1) is 12.1. The molecule has 0 aliphatic carbocycles. The zero-order valence-electron chi connectivity index (χ0n) is 15.1. The molecule has 1 aromatic heterocycles. The molecule has 26 heavy (non-hydrogen) atoms. The van der Waals surface area contributed by atoms with Gasteiger partial charge in [0.15, 0.2) is 4.80 Å². The zero-order chi connectivity index (χ0) is 17.8. The van der Waals surface area contributed by atoms with E-state index in [9.17, 15) is 5.11 Å². The van der Waals surface area contributed by atoms with Crippen LogP contribution in [0.1, 0.15) is 11.1 Å². The van der Waals surface area contributed by atoms with Crippen LogP contribution < -0.4 is 9.54 Å². The first kappa shape index (κ1) is 20.4. The highest BCUT2D eigenvalue weighted by atomic mass is 79.9. The molecular weight excluding hydrogens is 412 g/mol. The number of aryl methyl sites for hydroxylation is 2. The number of nitrogens with zero attached hydrogens (tertiary/aromatic N) is 2. The standard InChI is InChI=1S/C20H22N2O2S.BrH/c1-14-4-5-15(2)18(12-14)21-20-22(10-11-23)19(13-25-20)16-6-8-17(24-3)9-7-16;/h4-9,12-13,23H,10-11H2,1-3H3;1H. The Hall–Kier alpha value is -1.89. The highest BCUT2D eigenvalue weighted by molar-refractivity contribution is 8.93. The van der Waals surface area contributed by atoms with E-state index in [1.54, 1.807) is 18.4 Å². The lowest BCUT2D eigenvalue weighted by Crippen LogP contribution is -2.18. The minimum Gasteiger partial charge on any atom is -0.497 e. The number of aliphatic hydroxyl groups excluding tert-OH is 1. The Morgan fingerprint density at radius 2 is 1.85 bits per heavy atom. The van der Waals surface area contributed by atoms with Crippen molar-refractivity contribution in [2.45, 2.75) is 20.4 Å². The molecule has 0 aliphatic heterocycles. The molecule has 3 rings (SSSR count). The number of aromatic nitrogens is 1. The Labute approximate surface area is 168 Å². The summed E-state index contributed by atoms with van der Waals surface area (Å²) in [5, 5.41) is 11.6. The van der Waals surface area contributed by atoms with Gasteiger partial charge in [0.1, 0.15) is 5.75 Å². The second-order valence-corrected chi connectivity index (χ2v) is 6.75. The monoisotopic (exact) mass is 434 g/mol. The van der Waals surface area contributed by atoms with Crippen molar-refractivity contribution in [3.05, 3.63) is 63.8 Å². The van der Waals surface area contributed by atoms with Crippen LogP contribution in [0.15, 0.2) is 52.8 Å². The fourth-order valence-electron chi connectivity index (χ4n) is 2.67. The van der Waals surface area contributed by atoms with Crippen molar-refractivity contribution >= 4 is 34.0 Å². The number of hydrogen-bond donors (Lipinski definition) is 1. The van der Waals surface area contributed by atoms with Crippen molar-refractivity contribution in [2.24, 2.45) is 4.99 Å². The van der Waals surface area contributed by atoms with E-state index in [4.69, 9.17) is 9.73 Å². The third-order valence-corrected chi connectivity index (χ3v) is 4.95. The van der Waals surface area contributed by atoms with Gasteiger partial charge in [0.25, 0.3) is 0 Å². The normalized spacial score (nSPS) is 11.3. The van der Waals surface area contributed by atoms with Crippen LogP contribution in [0.3, 0.4) is 0 Å². The number of methoxy groups -OCH3 is 1. The third kappa shape index (κ3) is 4.44. The largest absolute Gasteiger partial charge is 0.497 e. The van der Waals surface area contributed by atoms with Crippen LogP contribution in [0.2, 0.25) is 0 Å². The van der Waals surface area contributed by atoms with Crippen LogP contribution in [-0.2, 0) is 6.54 Å². The molecule has 3 aromatic rings. The summed E-state index contributed by atoms with van der Waals surface area (Å²) < 4.78 is 7.29. The summed E-state index contributed by atoms with van der Waals surface area (Å²) in [5.74, 6) is 0.827. The Balaban J connectivity index is 0.00000243. The molecule has 0 atom stereocenters. The minimum absolute atomic E-state index is 0. The number of benzene rings is 2.